The van der Waals surface area contributed by atoms with E-state index in [1.54, 1.807) is 7.11 Å². The van der Waals surface area contributed by atoms with Crippen LogP contribution in [-0.2, 0) is 22.3 Å². The van der Waals surface area contributed by atoms with Crippen molar-refractivity contribution in [1.82, 2.24) is 15.0 Å². The van der Waals surface area contributed by atoms with Gasteiger partial charge in [-0.1, -0.05) is 12.1 Å². The highest BCUT2D eigenvalue weighted by Crippen LogP contribution is 2.32. The molecular weight excluding hydrogens is 400 g/mol. The number of hydrogen-bond acceptors (Lipinski definition) is 5. The number of nitrogens with one attached hydrogen (secondary N) is 1. The maximum atomic E-state index is 5.56. The molecule has 5 rings (SSSR count). The van der Waals surface area contributed by atoms with Crippen LogP contribution < -0.4 is 0 Å². The lowest BCUT2D eigenvalue weighted by molar-refractivity contribution is 0.0695. The molecule has 6 heteroatoms. The molecule has 0 radical (unpaired) electrons. The molecule has 162 valence electrons. The highest BCUT2D eigenvalue weighted by atomic mass is 16.5. The number of hydrogen-bond donors (Lipinski definition) is 1. The summed E-state index contributed by atoms with van der Waals surface area (Å²) in [7, 11) is 1.69. The first-order valence-electron chi connectivity index (χ1n) is 11.0. The van der Waals surface area contributed by atoms with Crippen LogP contribution in [0.5, 0.6) is 0 Å². The van der Waals surface area contributed by atoms with E-state index >= 15 is 0 Å². The van der Waals surface area contributed by atoms with Crippen LogP contribution in [0.1, 0.15) is 23.2 Å². The number of imidazole rings is 1. The zero-order valence-corrected chi connectivity index (χ0v) is 18.2. The summed E-state index contributed by atoms with van der Waals surface area (Å²) in [4.78, 5) is 17.5. The first-order valence-corrected chi connectivity index (χ1v) is 11.0. The molecule has 0 amide bonds. The van der Waals surface area contributed by atoms with Gasteiger partial charge in [0.2, 0.25) is 0 Å². The van der Waals surface area contributed by atoms with Gasteiger partial charge in [-0.25, -0.2) is 4.98 Å². The highest BCUT2D eigenvalue weighted by Gasteiger charge is 2.18. The Morgan fingerprint density at radius 2 is 1.97 bits per heavy atom. The second-order valence-electron chi connectivity index (χ2n) is 7.94. The molecular formula is C26H26N4O2. The summed E-state index contributed by atoms with van der Waals surface area (Å²) in [5.74, 6) is 0.883. The highest BCUT2D eigenvalue weighted by molar-refractivity contribution is 6.05. The van der Waals surface area contributed by atoms with Crippen LogP contribution in [0.25, 0.3) is 22.4 Å². The van der Waals surface area contributed by atoms with Crippen molar-refractivity contribution in [1.29, 1.82) is 0 Å². The molecule has 3 heterocycles. The van der Waals surface area contributed by atoms with E-state index in [0.717, 1.165) is 65.4 Å². The molecule has 0 saturated carbocycles. The van der Waals surface area contributed by atoms with Gasteiger partial charge in [-0.15, -0.1) is 0 Å². The van der Waals surface area contributed by atoms with E-state index in [2.05, 4.69) is 46.4 Å². The number of aliphatic imine (C=N–C) groups is 1. The number of rotatable bonds is 9. The van der Waals surface area contributed by atoms with E-state index in [1.165, 1.54) is 11.1 Å². The van der Waals surface area contributed by atoms with Gasteiger partial charge in [-0.3, -0.25) is 9.98 Å². The number of aryl methyl sites for hydroxylation is 1. The first kappa shape index (κ1) is 20.5. The molecule has 4 aromatic rings. The molecule has 32 heavy (non-hydrogen) atoms. The Kier molecular flexibility index (Phi) is 6.05. The molecule has 0 saturated heterocycles. The molecule has 0 spiro atoms. The standard InChI is InChI=1S/C26H26N4O2/c1-31-13-14-32-12-4-5-18-7-9-23-24(15-18)30-26(29-23)19-8-10-21-20(16-19)17-25(28-21)22-6-2-3-11-27-22/h2-3,6-11,15-16H,4-5,12-14,17H2,1H3,(H,29,30). The third-order valence-electron chi connectivity index (χ3n) is 5.66. The fourth-order valence-corrected chi connectivity index (χ4v) is 4.00. The van der Waals surface area contributed by atoms with Crippen LogP contribution in [0, 0.1) is 0 Å². The Balaban J connectivity index is 1.28. The van der Waals surface area contributed by atoms with E-state index in [-0.39, 0.29) is 0 Å². The fraction of sp³-hybridized carbons (Fsp3) is 0.269. The summed E-state index contributed by atoms with van der Waals surface area (Å²) in [6.45, 7) is 2.03. The minimum absolute atomic E-state index is 0.641. The predicted molar refractivity (Wildman–Crippen MR) is 127 cm³/mol. The lowest BCUT2D eigenvalue weighted by Crippen LogP contribution is -2.03. The SMILES string of the molecule is COCCOCCCc1ccc2nc(-c3ccc4c(c3)CC(c3ccccn3)=N4)[nH]c2c1. The number of nitrogens with zero attached hydrogens (tertiary/aromatic N) is 3. The third-order valence-corrected chi connectivity index (χ3v) is 5.66. The fourth-order valence-electron chi connectivity index (χ4n) is 4.00. The van der Waals surface area contributed by atoms with Gasteiger partial charge >= 0.3 is 0 Å². The summed E-state index contributed by atoms with van der Waals surface area (Å²) < 4.78 is 10.6. The first-order chi connectivity index (χ1) is 15.8. The van der Waals surface area contributed by atoms with Crippen molar-refractivity contribution in [2.75, 3.05) is 26.9 Å². The lowest BCUT2D eigenvalue weighted by atomic mass is 10.0. The summed E-state index contributed by atoms with van der Waals surface area (Å²) in [5.41, 5.74) is 8.56. The third kappa shape index (κ3) is 4.47. The quantitative estimate of drug-likeness (QED) is 0.387. The monoisotopic (exact) mass is 426 g/mol. The average Bonchev–Trinajstić information content (AvgIpc) is 3.45. The van der Waals surface area contributed by atoms with Gasteiger partial charge in [0, 0.05) is 31.9 Å². The molecule has 0 aliphatic carbocycles. The Morgan fingerprint density at radius 3 is 2.84 bits per heavy atom. The number of pyridine rings is 1. The second kappa shape index (κ2) is 9.42. The molecule has 1 N–H and O–H groups in total. The predicted octanol–water partition coefficient (Wildman–Crippen LogP) is 4.90. The van der Waals surface area contributed by atoms with Gasteiger partial charge in [0.15, 0.2) is 0 Å². The van der Waals surface area contributed by atoms with Crippen LogP contribution in [0.3, 0.4) is 0 Å². The zero-order chi connectivity index (χ0) is 21.8. The molecule has 6 nitrogen and oxygen atoms in total. The van der Waals surface area contributed by atoms with Gasteiger partial charge in [0.1, 0.15) is 5.82 Å². The van der Waals surface area contributed by atoms with Crippen LogP contribution in [0.15, 0.2) is 65.8 Å². The van der Waals surface area contributed by atoms with Crippen LogP contribution in [-0.4, -0.2) is 47.6 Å². The molecule has 0 unspecified atom stereocenters. The minimum atomic E-state index is 0.641. The molecule has 2 aromatic carbocycles. The molecule has 0 fully saturated rings. The van der Waals surface area contributed by atoms with E-state index in [9.17, 15) is 0 Å². The smallest absolute Gasteiger partial charge is 0.138 e. The largest absolute Gasteiger partial charge is 0.382 e. The number of methoxy groups -OCH3 is 1. The van der Waals surface area contributed by atoms with Gasteiger partial charge in [0.05, 0.1) is 41.3 Å². The van der Waals surface area contributed by atoms with E-state index in [4.69, 9.17) is 19.5 Å². The summed E-state index contributed by atoms with van der Waals surface area (Å²) in [5, 5.41) is 0. The Morgan fingerprint density at radius 1 is 1.00 bits per heavy atom. The summed E-state index contributed by atoms with van der Waals surface area (Å²) in [6, 6.07) is 18.7. The Hall–Kier alpha value is -3.35. The van der Waals surface area contributed by atoms with Crippen molar-refractivity contribution in [3.8, 4) is 11.4 Å². The maximum Gasteiger partial charge on any atom is 0.138 e. The van der Waals surface area contributed by atoms with Crippen molar-refractivity contribution < 1.29 is 9.47 Å². The number of ether oxygens (including phenoxy) is 2. The van der Waals surface area contributed by atoms with Crippen LogP contribution in [0.2, 0.25) is 0 Å². The van der Waals surface area contributed by atoms with E-state index < -0.39 is 0 Å². The van der Waals surface area contributed by atoms with Crippen molar-refractivity contribution in [2.24, 2.45) is 4.99 Å². The number of aromatic amines is 1. The lowest BCUT2D eigenvalue weighted by Gasteiger charge is -2.04. The number of benzene rings is 2. The summed E-state index contributed by atoms with van der Waals surface area (Å²) in [6.07, 6.45) is 4.56. The van der Waals surface area contributed by atoms with Crippen molar-refractivity contribution in [3.05, 3.63) is 77.6 Å². The summed E-state index contributed by atoms with van der Waals surface area (Å²) >= 11 is 0. The maximum absolute atomic E-state index is 5.56. The van der Waals surface area contributed by atoms with Gasteiger partial charge in [0.25, 0.3) is 0 Å². The van der Waals surface area contributed by atoms with Crippen molar-refractivity contribution in [2.45, 2.75) is 19.3 Å². The van der Waals surface area contributed by atoms with Gasteiger partial charge < -0.3 is 14.5 Å². The number of H-pyrrole nitrogens is 1. The van der Waals surface area contributed by atoms with Crippen molar-refractivity contribution in [3.63, 3.8) is 0 Å². The normalized spacial score (nSPS) is 12.8. The Bertz CT molecular complexity index is 1250. The van der Waals surface area contributed by atoms with Gasteiger partial charge in [-0.05, 0) is 66.4 Å². The molecule has 2 aromatic heterocycles. The number of aromatic nitrogens is 3. The second-order valence-corrected chi connectivity index (χ2v) is 7.94. The average molecular weight is 427 g/mol. The molecule has 0 atom stereocenters. The topological polar surface area (TPSA) is 72.4 Å². The molecule has 1 aliphatic rings. The van der Waals surface area contributed by atoms with Crippen LogP contribution in [0.4, 0.5) is 5.69 Å². The van der Waals surface area contributed by atoms with Crippen molar-refractivity contribution >= 4 is 22.4 Å². The molecule has 0 bridgehead atoms. The van der Waals surface area contributed by atoms with E-state index in [1.807, 2.05) is 24.4 Å². The van der Waals surface area contributed by atoms with E-state index in [0.29, 0.717) is 13.2 Å². The minimum Gasteiger partial charge on any atom is -0.382 e. The number of fused-ring (bicyclic) bond motifs is 2. The zero-order valence-electron chi connectivity index (χ0n) is 18.2. The Labute approximate surface area is 187 Å². The van der Waals surface area contributed by atoms with Crippen LogP contribution >= 0.6 is 0 Å². The van der Waals surface area contributed by atoms with Gasteiger partial charge in [-0.2, -0.15) is 0 Å². The molecule has 1 aliphatic heterocycles.